The van der Waals surface area contributed by atoms with Crippen LogP contribution in [-0.2, 0) is 52.0 Å². The first-order valence-electron chi connectivity index (χ1n) is 21.7. The number of aliphatic imine (C=N–C) groups is 2. The van der Waals surface area contributed by atoms with Gasteiger partial charge in [-0.15, -0.1) is 0 Å². The molecule has 0 bridgehead atoms. The van der Waals surface area contributed by atoms with Gasteiger partial charge in [0.25, 0.3) is 0 Å². The van der Waals surface area contributed by atoms with Crippen LogP contribution in [-0.4, -0.2) is 31.4 Å². The van der Waals surface area contributed by atoms with Crippen LogP contribution < -0.4 is 0 Å². The number of hydrogen-bond donors (Lipinski definition) is 0. The molecule has 0 aliphatic carbocycles. The average Bonchev–Trinajstić information content (AvgIpc) is 3.34. The number of fused-ring (bicyclic) bond motifs is 6. The van der Waals surface area contributed by atoms with Gasteiger partial charge in [-0.3, -0.25) is 20.0 Å². The summed E-state index contributed by atoms with van der Waals surface area (Å²) < 4.78 is 0. The maximum absolute atomic E-state index is 5.18. The number of pyridine rings is 4. The third kappa shape index (κ3) is 13.1. The molecule has 12 heteroatoms. The fourth-order valence-electron chi connectivity index (χ4n) is 7.71. The van der Waals surface area contributed by atoms with Crippen LogP contribution in [0.4, 0.5) is 11.4 Å². The van der Waals surface area contributed by atoms with Gasteiger partial charge in [0.2, 0.25) is 0 Å². The second-order valence-corrected chi connectivity index (χ2v) is 18.4. The summed E-state index contributed by atoms with van der Waals surface area (Å²) in [5.74, 6) is 0. The van der Waals surface area contributed by atoms with Crippen LogP contribution in [0, 0.1) is 0 Å². The van der Waals surface area contributed by atoms with Gasteiger partial charge in [0.1, 0.15) is 0 Å². The SMILES string of the molecule is CCCC(=Nc1c(CC)cccc1CC)c1ccc2ccc3cccnc3c2n1.CCCC(=Nc1c(CC)cccc1CC)c1ccc2ccc3cccnc3c2n1.[Cl][Fe][Cl].[Cl][Fe][Cl]. The van der Waals surface area contributed by atoms with E-state index in [-0.39, 0.29) is 26.3 Å². The summed E-state index contributed by atoms with van der Waals surface area (Å²) in [6.07, 6.45) is 11.4. The second kappa shape index (κ2) is 26.9. The number of nitrogens with zero attached hydrogens (tertiary/aromatic N) is 6. The van der Waals surface area contributed by atoms with E-state index in [9.17, 15) is 0 Å². The van der Waals surface area contributed by atoms with Gasteiger partial charge in [-0.1, -0.05) is 139 Å². The molecule has 4 aromatic heterocycles. The molecular formula is C52H54Cl4Fe2N6. The van der Waals surface area contributed by atoms with Gasteiger partial charge in [0.15, 0.2) is 0 Å². The Morgan fingerprint density at radius 1 is 0.422 bits per heavy atom. The summed E-state index contributed by atoms with van der Waals surface area (Å²) in [6, 6.07) is 38.1. The van der Waals surface area contributed by atoms with Gasteiger partial charge < -0.3 is 0 Å². The Bertz CT molecular complexity index is 2600. The Morgan fingerprint density at radius 3 is 1.05 bits per heavy atom. The molecule has 0 spiro atoms. The zero-order valence-corrected chi connectivity index (χ0v) is 42.3. The van der Waals surface area contributed by atoms with E-state index in [1.54, 1.807) is 0 Å². The molecule has 0 saturated carbocycles. The minimum absolute atomic E-state index is 0.194. The zero-order chi connectivity index (χ0) is 45.8. The van der Waals surface area contributed by atoms with Gasteiger partial charge in [0, 0.05) is 33.9 Å². The van der Waals surface area contributed by atoms with Crippen LogP contribution in [0.5, 0.6) is 0 Å². The predicted molar refractivity (Wildman–Crippen MR) is 270 cm³/mol. The molecule has 0 aliphatic rings. The number of para-hydroxylation sites is 2. The van der Waals surface area contributed by atoms with Crippen LogP contribution in [0.3, 0.4) is 0 Å². The fourth-order valence-corrected chi connectivity index (χ4v) is 7.71. The van der Waals surface area contributed by atoms with E-state index in [0.29, 0.717) is 0 Å². The first-order chi connectivity index (χ1) is 31.3. The molecule has 0 N–H and O–H groups in total. The van der Waals surface area contributed by atoms with Gasteiger partial charge >= 0.3 is 66.7 Å². The molecule has 4 aromatic carbocycles. The van der Waals surface area contributed by atoms with Crippen molar-refractivity contribution in [2.24, 2.45) is 9.98 Å². The van der Waals surface area contributed by atoms with E-state index >= 15 is 0 Å². The first kappa shape index (κ1) is 51.0. The van der Waals surface area contributed by atoms with Crippen molar-refractivity contribution < 1.29 is 26.3 Å². The van der Waals surface area contributed by atoms with Crippen molar-refractivity contribution >= 4 is 107 Å². The molecular weight excluding hydrogens is 962 g/mol. The quantitative estimate of drug-likeness (QED) is 0.0694. The monoisotopic (exact) mass is 1010 g/mol. The number of hydrogen-bond acceptors (Lipinski definition) is 6. The zero-order valence-electron chi connectivity index (χ0n) is 37.1. The van der Waals surface area contributed by atoms with Gasteiger partial charge in [-0.25, -0.2) is 9.97 Å². The summed E-state index contributed by atoms with van der Waals surface area (Å²) in [6.45, 7) is 13.2. The standard InChI is InChI=1S/2C26H27N3.4ClH.2Fe/c2*1-4-9-22(28-24-18(5-2)10-7-11-19(24)6-3)23-16-15-21-14-13-20-12-8-17-27-25(20)26(21)29-23;;;;;;/h2*7-8,10-17H,4-6,9H2,1-3H3;4*1H;;/q;;;;;;2*+2/p-4. The summed E-state index contributed by atoms with van der Waals surface area (Å²) in [4.78, 5) is 29.6. The van der Waals surface area contributed by atoms with E-state index in [1.807, 2.05) is 24.5 Å². The van der Waals surface area contributed by atoms with E-state index in [4.69, 9.17) is 60.3 Å². The third-order valence-electron chi connectivity index (χ3n) is 10.9. The van der Waals surface area contributed by atoms with E-state index in [0.717, 1.165) is 129 Å². The molecule has 0 atom stereocenters. The van der Waals surface area contributed by atoms with Crippen molar-refractivity contribution in [2.45, 2.75) is 92.9 Å². The predicted octanol–water partition coefficient (Wildman–Crippen LogP) is 16.4. The van der Waals surface area contributed by atoms with Crippen molar-refractivity contribution in [1.29, 1.82) is 0 Å². The number of rotatable bonds is 12. The molecule has 0 saturated heterocycles. The van der Waals surface area contributed by atoms with Gasteiger partial charge in [-0.2, -0.15) is 0 Å². The van der Waals surface area contributed by atoms with Crippen molar-refractivity contribution in [3.8, 4) is 0 Å². The summed E-state index contributed by atoms with van der Waals surface area (Å²) in [5.41, 5.74) is 15.2. The Morgan fingerprint density at radius 2 is 0.734 bits per heavy atom. The van der Waals surface area contributed by atoms with Crippen LogP contribution >= 0.6 is 40.4 Å². The number of halogens is 4. The molecule has 0 unspecified atom stereocenters. The van der Waals surface area contributed by atoms with Gasteiger partial charge in [0.05, 0.1) is 56.3 Å². The van der Waals surface area contributed by atoms with Crippen LogP contribution in [0.2, 0.25) is 0 Å². The van der Waals surface area contributed by atoms with E-state index in [1.165, 1.54) is 22.3 Å². The maximum atomic E-state index is 5.18. The molecule has 4 heterocycles. The topological polar surface area (TPSA) is 76.3 Å². The Balaban J connectivity index is 0.000000215. The van der Waals surface area contributed by atoms with Crippen LogP contribution in [0.15, 0.2) is 132 Å². The molecule has 336 valence electrons. The number of aryl methyl sites for hydroxylation is 4. The van der Waals surface area contributed by atoms with E-state index in [2.05, 4.69) is 149 Å². The summed E-state index contributed by atoms with van der Waals surface area (Å²) >= 11 is 0.389. The van der Waals surface area contributed by atoms with Crippen molar-refractivity contribution in [3.63, 3.8) is 0 Å². The van der Waals surface area contributed by atoms with Crippen molar-refractivity contribution in [1.82, 2.24) is 19.9 Å². The third-order valence-corrected chi connectivity index (χ3v) is 10.9. The molecule has 0 radical (unpaired) electrons. The Hall–Kier alpha value is -3.94. The Labute approximate surface area is 408 Å². The first-order valence-corrected chi connectivity index (χ1v) is 27.8. The number of benzene rings is 4. The number of aromatic nitrogens is 4. The van der Waals surface area contributed by atoms with Crippen molar-refractivity contribution in [2.75, 3.05) is 0 Å². The molecule has 0 aliphatic heterocycles. The van der Waals surface area contributed by atoms with Crippen LogP contribution in [0.25, 0.3) is 43.6 Å². The fraction of sp³-hybridized carbons (Fsp3) is 0.269. The summed E-state index contributed by atoms with van der Waals surface area (Å²) in [7, 11) is 19.1. The normalized spacial score (nSPS) is 11.6. The molecule has 6 nitrogen and oxygen atoms in total. The molecule has 0 fully saturated rings. The molecule has 8 aromatic rings. The van der Waals surface area contributed by atoms with E-state index < -0.39 is 0 Å². The summed E-state index contributed by atoms with van der Waals surface area (Å²) in [5, 5.41) is 4.45. The molecule has 64 heavy (non-hydrogen) atoms. The minimum atomic E-state index is 0.194. The second-order valence-electron chi connectivity index (χ2n) is 14.8. The molecule has 8 rings (SSSR count). The average molecular weight is 1020 g/mol. The van der Waals surface area contributed by atoms with Crippen molar-refractivity contribution in [3.05, 3.63) is 155 Å². The van der Waals surface area contributed by atoms with Gasteiger partial charge in [-0.05, 0) is 85.0 Å². The molecule has 0 amide bonds. The Kier molecular flexibility index (Phi) is 21.4. The van der Waals surface area contributed by atoms with Crippen LogP contribution in [0.1, 0.15) is 101 Å².